The maximum atomic E-state index is 13.0. The van der Waals surface area contributed by atoms with E-state index >= 15 is 0 Å². The molecule has 32 heavy (non-hydrogen) atoms. The number of piperidine rings is 1. The van der Waals surface area contributed by atoms with E-state index in [1.165, 1.54) is 5.69 Å². The molecule has 8 heteroatoms. The third kappa shape index (κ3) is 6.85. The van der Waals surface area contributed by atoms with E-state index < -0.39 is 17.5 Å². The van der Waals surface area contributed by atoms with Crippen LogP contribution in [-0.4, -0.2) is 42.6 Å². The van der Waals surface area contributed by atoms with Crippen molar-refractivity contribution in [3.8, 4) is 0 Å². The lowest BCUT2D eigenvalue weighted by atomic mass is 9.86. The fourth-order valence-corrected chi connectivity index (χ4v) is 3.93. The van der Waals surface area contributed by atoms with Gasteiger partial charge in [0.15, 0.2) is 0 Å². The van der Waals surface area contributed by atoms with Crippen molar-refractivity contribution in [3.05, 3.63) is 53.8 Å². The first kappa shape index (κ1) is 23.9. The van der Waals surface area contributed by atoms with Crippen molar-refractivity contribution < 1.29 is 9.59 Å². The predicted octanol–water partition coefficient (Wildman–Crippen LogP) is 4.30. The molecule has 3 N–H and O–H groups in total. The first-order valence-corrected chi connectivity index (χ1v) is 11.4. The normalized spacial score (nSPS) is 15.7. The van der Waals surface area contributed by atoms with Crippen LogP contribution in [0.4, 0.5) is 16.2 Å². The van der Waals surface area contributed by atoms with Crippen molar-refractivity contribution in [1.82, 2.24) is 15.6 Å². The minimum atomic E-state index is -0.660. The average Bonchev–Trinajstić information content (AvgIpc) is 2.77. The zero-order valence-electron chi connectivity index (χ0n) is 18.9. The molecule has 1 fully saturated rings. The van der Waals surface area contributed by atoms with Crippen LogP contribution in [0.15, 0.2) is 48.8 Å². The summed E-state index contributed by atoms with van der Waals surface area (Å²) in [4.78, 5) is 31.9. The van der Waals surface area contributed by atoms with Crippen LogP contribution in [0.3, 0.4) is 0 Å². The number of aromatic nitrogens is 1. The molecule has 0 spiro atoms. The highest BCUT2D eigenvalue weighted by Crippen LogP contribution is 2.23. The van der Waals surface area contributed by atoms with Crippen molar-refractivity contribution in [3.63, 3.8) is 0 Å². The monoisotopic (exact) mass is 457 g/mol. The van der Waals surface area contributed by atoms with Crippen LogP contribution in [0.1, 0.15) is 33.6 Å². The SMILES string of the molecule is CC(C)(C)[C@@H](NC(=O)Nc1ccc(Cl)cc1)C(=O)NCC1CCN(c2ccncc2)CC1. The van der Waals surface area contributed by atoms with Crippen molar-refractivity contribution >= 4 is 34.9 Å². The smallest absolute Gasteiger partial charge is 0.319 e. The van der Waals surface area contributed by atoms with E-state index in [0.717, 1.165) is 25.9 Å². The Hall–Kier alpha value is -2.80. The summed E-state index contributed by atoms with van der Waals surface area (Å²) < 4.78 is 0. The maximum Gasteiger partial charge on any atom is 0.319 e. The highest BCUT2D eigenvalue weighted by Gasteiger charge is 2.33. The molecule has 2 heterocycles. The van der Waals surface area contributed by atoms with Crippen LogP contribution in [-0.2, 0) is 4.79 Å². The van der Waals surface area contributed by atoms with Gasteiger partial charge in [-0.05, 0) is 60.6 Å². The van der Waals surface area contributed by atoms with E-state index in [9.17, 15) is 9.59 Å². The molecule has 0 bridgehead atoms. The minimum absolute atomic E-state index is 0.166. The van der Waals surface area contributed by atoms with Crippen molar-refractivity contribution in [2.75, 3.05) is 29.9 Å². The van der Waals surface area contributed by atoms with Gasteiger partial charge in [-0.15, -0.1) is 0 Å². The third-order valence-electron chi connectivity index (χ3n) is 5.71. The molecule has 2 aromatic rings. The van der Waals surface area contributed by atoms with Crippen LogP contribution in [0.5, 0.6) is 0 Å². The van der Waals surface area contributed by atoms with E-state index in [-0.39, 0.29) is 5.91 Å². The Kier molecular flexibility index (Phi) is 7.96. The molecule has 0 radical (unpaired) electrons. The number of urea groups is 1. The van der Waals surface area contributed by atoms with Gasteiger partial charge in [0.05, 0.1) is 0 Å². The Balaban J connectivity index is 1.49. The topological polar surface area (TPSA) is 86.4 Å². The number of carbonyl (C=O) groups excluding carboxylic acids is 2. The number of pyridine rings is 1. The third-order valence-corrected chi connectivity index (χ3v) is 5.97. The summed E-state index contributed by atoms with van der Waals surface area (Å²) in [5.74, 6) is 0.251. The Morgan fingerprint density at radius 3 is 2.31 bits per heavy atom. The van der Waals surface area contributed by atoms with Crippen LogP contribution < -0.4 is 20.9 Å². The molecule has 1 aliphatic rings. The first-order chi connectivity index (χ1) is 15.2. The molecule has 1 aromatic carbocycles. The van der Waals surface area contributed by atoms with Gasteiger partial charge in [-0.25, -0.2) is 4.79 Å². The Labute approximate surface area is 194 Å². The summed E-state index contributed by atoms with van der Waals surface area (Å²) in [5, 5.41) is 9.24. The number of hydrogen-bond acceptors (Lipinski definition) is 4. The number of benzene rings is 1. The number of hydrogen-bond donors (Lipinski definition) is 3. The first-order valence-electron chi connectivity index (χ1n) is 11.0. The number of carbonyl (C=O) groups is 2. The fraction of sp³-hybridized carbons (Fsp3) is 0.458. The summed E-state index contributed by atoms with van der Waals surface area (Å²) in [6.45, 7) is 8.33. The van der Waals surface area contributed by atoms with Crippen molar-refractivity contribution in [2.24, 2.45) is 11.3 Å². The van der Waals surface area contributed by atoms with Gasteiger partial charge < -0.3 is 20.9 Å². The largest absolute Gasteiger partial charge is 0.371 e. The Morgan fingerprint density at radius 1 is 1.09 bits per heavy atom. The van der Waals surface area contributed by atoms with E-state index in [1.807, 2.05) is 45.3 Å². The Bertz CT molecular complexity index is 891. The molecule has 0 aliphatic carbocycles. The quantitative estimate of drug-likeness (QED) is 0.603. The van der Waals surface area contributed by atoms with Crippen molar-refractivity contribution in [1.29, 1.82) is 0 Å². The van der Waals surface area contributed by atoms with Crippen LogP contribution in [0.25, 0.3) is 0 Å². The van der Waals surface area contributed by atoms with Gasteiger partial charge in [0.1, 0.15) is 6.04 Å². The number of anilines is 2. The number of nitrogens with one attached hydrogen (secondary N) is 3. The highest BCUT2D eigenvalue weighted by molar-refractivity contribution is 6.30. The lowest BCUT2D eigenvalue weighted by Gasteiger charge is -2.34. The molecule has 1 saturated heterocycles. The van der Waals surface area contributed by atoms with Gasteiger partial charge in [0, 0.05) is 48.4 Å². The zero-order chi connectivity index (χ0) is 23.1. The van der Waals surface area contributed by atoms with Crippen LogP contribution in [0, 0.1) is 11.3 Å². The molecule has 1 atom stereocenters. The van der Waals surface area contributed by atoms with Crippen LogP contribution >= 0.6 is 11.6 Å². The van der Waals surface area contributed by atoms with Gasteiger partial charge in [0.2, 0.25) is 5.91 Å². The number of rotatable bonds is 6. The standard InChI is InChI=1S/C24H32ClN5O2/c1-24(2,3)21(29-23(32)28-19-6-4-18(25)5-7-19)22(31)27-16-17-10-14-30(15-11-17)20-8-12-26-13-9-20/h4-9,12-13,17,21H,10-11,14-16H2,1-3H3,(H,27,31)(H2,28,29,32)/t21-/m0/s1. The van der Waals surface area contributed by atoms with Gasteiger partial charge >= 0.3 is 6.03 Å². The molecule has 0 unspecified atom stereocenters. The van der Waals surface area contributed by atoms with Crippen molar-refractivity contribution in [2.45, 2.75) is 39.7 Å². The molecule has 7 nitrogen and oxygen atoms in total. The van der Waals surface area contributed by atoms with Gasteiger partial charge in [-0.3, -0.25) is 9.78 Å². The molecular weight excluding hydrogens is 426 g/mol. The predicted molar refractivity (Wildman–Crippen MR) is 129 cm³/mol. The molecule has 0 saturated carbocycles. The van der Waals surface area contributed by atoms with Gasteiger partial charge in [-0.1, -0.05) is 32.4 Å². The highest BCUT2D eigenvalue weighted by atomic mass is 35.5. The summed E-state index contributed by atoms with van der Waals surface area (Å²) >= 11 is 5.89. The average molecular weight is 458 g/mol. The number of nitrogens with zero attached hydrogens (tertiary/aromatic N) is 2. The van der Waals surface area contributed by atoms with E-state index in [4.69, 9.17) is 11.6 Å². The number of amides is 3. The summed E-state index contributed by atoms with van der Waals surface area (Å²) in [6.07, 6.45) is 5.63. The number of halogens is 1. The molecule has 1 aliphatic heterocycles. The fourth-order valence-electron chi connectivity index (χ4n) is 3.80. The molecular formula is C24H32ClN5O2. The van der Waals surface area contributed by atoms with E-state index in [0.29, 0.717) is 23.2 Å². The van der Waals surface area contributed by atoms with E-state index in [1.54, 1.807) is 24.3 Å². The second-order valence-corrected chi connectivity index (χ2v) is 9.72. The lowest BCUT2D eigenvalue weighted by molar-refractivity contribution is -0.125. The lowest BCUT2D eigenvalue weighted by Crippen LogP contribution is -2.55. The Morgan fingerprint density at radius 2 is 1.72 bits per heavy atom. The minimum Gasteiger partial charge on any atom is -0.371 e. The van der Waals surface area contributed by atoms with Gasteiger partial charge in [-0.2, -0.15) is 0 Å². The molecule has 1 aromatic heterocycles. The van der Waals surface area contributed by atoms with Gasteiger partial charge in [0.25, 0.3) is 0 Å². The molecule has 172 valence electrons. The summed E-state index contributed by atoms with van der Waals surface area (Å²) in [5.41, 5.74) is 1.36. The second-order valence-electron chi connectivity index (χ2n) is 9.29. The molecule has 3 amide bonds. The summed E-state index contributed by atoms with van der Waals surface area (Å²) in [7, 11) is 0. The second kappa shape index (κ2) is 10.7. The maximum absolute atomic E-state index is 13.0. The summed E-state index contributed by atoms with van der Waals surface area (Å²) in [6, 6.07) is 9.79. The van der Waals surface area contributed by atoms with E-state index in [2.05, 4.69) is 25.8 Å². The molecule has 3 rings (SSSR count). The van der Waals surface area contributed by atoms with Crippen LogP contribution in [0.2, 0.25) is 5.02 Å². The zero-order valence-corrected chi connectivity index (χ0v) is 19.7.